The highest BCUT2D eigenvalue weighted by molar-refractivity contribution is 6.13. The zero-order valence-corrected chi connectivity index (χ0v) is 33.5. The maximum Gasteiger partial charge on any atom is 0.238 e. The van der Waals surface area contributed by atoms with Crippen molar-refractivity contribution in [3.63, 3.8) is 0 Å². The van der Waals surface area contributed by atoms with Gasteiger partial charge in [-0.1, -0.05) is 176 Å². The summed E-state index contributed by atoms with van der Waals surface area (Å²) < 4.78 is 4.58. The average Bonchev–Trinajstić information content (AvgIpc) is 3.84. The summed E-state index contributed by atoms with van der Waals surface area (Å²) in [6, 6.07) is 68.1. The molecule has 0 aliphatic rings. The molecule has 0 saturated heterocycles. The van der Waals surface area contributed by atoms with E-state index in [-0.39, 0.29) is 0 Å². The number of para-hydroxylation sites is 2. The van der Waals surface area contributed by atoms with Crippen LogP contribution < -0.4 is 0 Å². The zero-order chi connectivity index (χ0) is 40.7. The van der Waals surface area contributed by atoms with Crippen LogP contribution in [0, 0.1) is 6.92 Å². The lowest BCUT2D eigenvalue weighted by Crippen LogP contribution is -2.06. The second-order valence-corrected chi connectivity index (χ2v) is 15.3. The van der Waals surface area contributed by atoms with Crippen molar-refractivity contribution in [3.8, 4) is 45.5 Å². The number of hydrogen-bond acceptors (Lipinski definition) is 3. The van der Waals surface area contributed by atoms with E-state index in [9.17, 15) is 0 Å². The highest BCUT2D eigenvalue weighted by Gasteiger charge is 2.21. The fourth-order valence-corrected chi connectivity index (χ4v) is 8.67. The number of aryl methyl sites for hydroxylation is 1. The second kappa shape index (κ2) is 15.2. The average molecular weight is 782 g/mol. The molecule has 5 nitrogen and oxygen atoms in total. The Labute approximate surface area is 353 Å². The molecule has 0 amide bonds. The SMILES string of the molecule is Cc1c(/C=C\C=C\c2ccccc2)ccc2c1c1ccc(-c3ccc4c(c3)c3ccccc3n4-c3ccccc3)cc1n2-c1nc(-c2ccccc2)nc(-c2ccccc2)n1. The highest BCUT2D eigenvalue weighted by Crippen LogP contribution is 2.40. The lowest BCUT2D eigenvalue weighted by atomic mass is 9.98. The molecule has 0 fully saturated rings. The maximum absolute atomic E-state index is 5.24. The van der Waals surface area contributed by atoms with Crippen molar-refractivity contribution < 1.29 is 0 Å². The predicted octanol–water partition coefficient (Wildman–Crippen LogP) is 14.1. The van der Waals surface area contributed by atoms with Crippen molar-refractivity contribution in [2.75, 3.05) is 0 Å². The third kappa shape index (κ3) is 6.49. The van der Waals surface area contributed by atoms with Crippen molar-refractivity contribution in [1.82, 2.24) is 24.1 Å². The fourth-order valence-electron chi connectivity index (χ4n) is 8.67. The molecule has 61 heavy (non-hydrogen) atoms. The van der Waals surface area contributed by atoms with Gasteiger partial charge in [0.05, 0.1) is 22.1 Å². The van der Waals surface area contributed by atoms with E-state index in [1.807, 2.05) is 42.5 Å². The molecule has 11 rings (SSSR count). The van der Waals surface area contributed by atoms with Gasteiger partial charge in [-0.25, -0.2) is 4.98 Å². The lowest BCUT2D eigenvalue weighted by molar-refractivity contribution is 0.953. The quantitative estimate of drug-likeness (QED) is 0.144. The lowest BCUT2D eigenvalue weighted by Gasteiger charge is -2.12. The first kappa shape index (κ1) is 36.0. The molecule has 0 aliphatic heterocycles. The number of rotatable bonds is 8. The maximum atomic E-state index is 5.24. The first-order valence-electron chi connectivity index (χ1n) is 20.6. The summed E-state index contributed by atoms with van der Waals surface area (Å²) in [5.41, 5.74) is 13.2. The Kier molecular flexibility index (Phi) is 8.98. The van der Waals surface area contributed by atoms with Gasteiger partial charge in [-0.15, -0.1) is 0 Å². The standard InChI is InChI=1S/C56H39N5/c1-38-40(21-15-14-20-39-18-6-2-7-19-39)31-35-51-53(38)47-33-30-44(43-32-34-50-48(36-43)46-28-16-17-29-49(46)60(50)45-26-12-5-13-27-45)37-52(47)61(51)56-58-54(41-22-8-3-9-23-41)57-55(59-56)42-24-10-4-11-25-42/h2-37H,1H3/b20-14+,21-15-. The van der Waals surface area contributed by atoms with E-state index in [4.69, 9.17) is 15.0 Å². The highest BCUT2D eigenvalue weighted by atomic mass is 15.2. The van der Waals surface area contributed by atoms with Gasteiger partial charge in [-0.3, -0.25) is 4.57 Å². The topological polar surface area (TPSA) is 48.5 Å². The summed E-state index contributed by atoms with van der Waals surface area (Å²) in [5, 5.41) is 4.74. The number of benzene rings is 8. The molecule has 0 aliphatic carbocycles. The molecule has 0 N–H and O–H groups in total. The molecule has 0 unspecified atom stereocenters. The van der Waals surface area contributed by atoms with Gasteiger partial charge >= 0.3 is 0 Å². The van der Waals surface area contributed by atoms with E-state index < -0.39 is 0 Å². The van der Waals surface area contributed by atoms with Crippen LogP contribution in [0.5, 0.6) is 0 Å². The number of allylic oxidation sites excluding steroid dienone is 2. The van der Waals surface area contributed by atoms with Gasteiger partial charge < -0.3 is 4.57 Å². The summed E-state index contributed by atoms with van der Waals surface area (Å²) in [5.74, 6) is 1.81. The molecule has 288 valence electrons. The van der Waals surface area contributed by atoms with Crippen LogP contribution in [0.15, 0.2) is 206 Å². The van der Waals surface area contributed by atoms with E-state index in [0.29, 0.717) is 17.6 Å². The third-order valence-corrected chi connectivity index (χ3v) is 11.6. The summed E-state index contributed by atoms with van der Waals surface area (Å²) >= 11 is 0. The smallest absolute Gasteiger partial charge is 0.238 e. The molecule has 0 atom stereocenters. The molecule has 0 spiro atoms. The minimum Gasteiger partial charge on any atom is -0.309 e. The molecular weight excluding hydrogens is 743 g/mol. The van der Waals surface area contributed by atoms with Crippen molar-refractivity contribution >= 4 is 55.8 Å². The molecule has 0 saturated carbocycles. The Hall–Kier alpha value is -8.15. The van der Waals surface area contributed by atoms with Crippen LogP contribution in [0.1, 0.15) is 16.7 Å². The van der Waals surface area contributed by atoms with Gasteiger partial charge in [0.1, 0.15) is 0 Å². The minimum atomic E-state index is 0.569. The van der Waals surface area contributed by atoms with Gasteiger partial charge in [0, 0.05) is 38.4 Å². The van der Waals surface area contributed by atoms with Crippen LogP contribution in [-0.2, 0) is 0 Å². The predicted molar refractivity (Wildman–Crippen MR) is 254 cm³/mol. The van der Waals surface area contributed by atoms with Gasteiger partial charge in [-0.05, 0) is 77.2 Å². The number of hydrogen-bond donors (Lipinski definition) is 0. The van der Waals surface area contributed by atoms with Gasteiger partial charge in [0.2, 0.25) is 5.95 Å². The van der Waals surface area contributed by atoms with Crippen LogP contribution in [0.25, 0.3) is 101 Å². The summed E-state index contributed by atoms with van der Waals surface area (Å²) in [4.78, 5) is 15.5. The molecule has 11 aromatic rings. The zero-order valence-electron chi connectivity index (χ0n) is 33.5. The van der Waals surface area contributed by atoms with Crippen molar-refractivity contribution in [2.24, 2.45) is 0 Å². The first-order chi connectivity index (χ1) is 30.2. The molecule has 3 heterocycles. The van der Waals surface area contributed by atoms with E-state index in [0.717, 1.165) is 49.9 Å². The monoisotopic (exact) mass is 781 g/mol. The molecule has 0 radical (unpaired) electrons. The van der Waals surface area contributed by atoms with Crippen molar-refractivity contribution in [1.29, 1.82) is 0 Å². The molecule has 0 bridgehead atoms. The van der Waals surface area contributed by atoms with Gasteiger partial charge in [0.25, 0.3) is 0 Å². The first-order valence-corrected chi connectivity index (χ1v) is 20.6. The second-order valence-electron chi connectivity index (χ2n) is 15.3. The Bertz CT molecular complexity index is 3400. The van der Waals surface area contributed by atoms with E-state index in [1.54, 1.807) is 0 Å². The number of fused-ring (bicyclic) bond motifs is 6. The summed E-state index contributed by atoms with van der Waals surface area (Å²) in [7, 11) is 0. The van der Waals surface area contributed by atoms with Crippen LogP contribution >= 0.6 is 0 Å². The van der Waals surface area contributed by atoms with Gasteiger partial charge in [0.15, 0.2) is 11.6 Å². The minimum absolute atomic E-state index is 0.569. The summed E-state index contributed by atoms with van der Waals surface area (Å²) in [6.45, 7) is 2.22. The Morgan fingerprint density at radius 1 is 0.393 bits per heavy atom. The molecule has 8 aromatic carbocycles. The van der Waals surface area contributed by atoms with Gasteiger partial charge in [-0.2, -0.15) is 9.97 Å². The van der Waals surface area contributed by atoms with Crippen molar-refractivity contribution in [2.45, 2.75) is 6.92 Å². The largest absolute Gasteiger partial charge is 0.309 e. The molecule has 3 aromatic heterocycles. The Morgan fingerprint density at radius 2 is 0.967 bits per heavy atom. The van der Waals surface area contributed by atoms with E-state index in [1.165, 1.54) is 38.3 Å². The van der Waals surface area contributed by atoms with Crippen LogP contribution in [0.4, 0.5) is 0 Å². The normalized spacial score (nSPS) is 11.9. The number of nitrogens with zero attached hydrogens (tertiary/aromatic N) is 5. The fraction of sp³-hybridized carbons (Fsp3) is 0.0179. The van der Waals surface area contributed by atoms with Crippen LogP contribution in [0.2, 0.25) is 0 Å². The Morgan fingerprint density at radius 3 is 1.69 bits per heavy atom. The number of aromatic nitrogens is 5. The van der Waals surface area contributed by atoms with Crippen molar-refractivity contribution in [3.05, 3.63) is 223 Å². The molecular formula is C56H39N5. The van der Waals surface area contributed by atoms with E-state index >= 15 is 0 Å². The van der Waals surface area contributed by atoms with E-state index in [2.05, 4.69) is 192 Å². The Balaban J connectivity index is 1.13. The van der Waals surface area contributed by atoms with Crippen LogP contribution in [-0.4, -0.2) is 24.1 Å². The summed E-state index contributed by atoms with van der Waals surface area (Å²) in [6.07, 6.45) is 8.54. The third-order valence-electron chi connectivity index (χ3n) is 11.6. The molecule has 5 heteroatoms. The van der Waals surface area contributed by atoms with Crippen LogP contribution in [0.3, 0.4) is 0 Å².